The molecule has 1 aliphatic heterocycles. The molecule has 1 aromatic carbocycles. The van der Waals surface area contributed by atoms with Crippen molar-refractivity contribution in [2.24, 2.45) is 4.99 Å². The van der Waals surface area contributed by atoms with Crippen molar-refractivity contribution in [1.82, 2.24) is 9.88 Å². The van der Waals surface area contributed by atoms with Crippen molar-refractivity contribution in [3.05, 3.63) is 50.2 Å². The monoisotopic (exact) mass is 441 g/mol. The van der Waals surface area contributed by atoms with Gasteiger partial charge in [-0.25, -0.2) is 0 Å². The lowest BCUT2D eigenvalue weighted by Gasteiger charge is -2.18. The smallest absolute Gasteiger partial charge is 0.279 e. The number of rotatable bonds is 6. The van der Waals surface area contributed by atoms with Gasteiger partial charge in [-0.3, -0.25) is 9.59 Å². The van der Waals surface area contributed by atoms with Gasteiger partial charge in [0.15, 0.2) is 4.80 Å². The first kappa shape index (κ1) is 21.0. The van der Waals surface area contributed by atoms with E-state index in [-0.39, 0.29) is 12.0 Å². The van der Waals surface area contributed by atoms with Crippen LogP contribution in [0.1, 0.15) is 42.6 Å². The summed E-state index contributed by atoms with van der Waals surface area (Å²) < 4.78 is 7.28. The first-order chi connectivity index (χ1) is 13.5. The molecule has 1 N–H and O–H groups in total. The highest BCUT2D eigenvalue weighted by atomic mass is 35.5. The largest absolute Gasteiger partial charge is 0.376 e. The summed E-state index contributed by atoms with van der Waals surface area (Å²) in [5, 5.41) is 5.42. The molecule has 0 radical (unpaired) electrons. The molecular formula is C19H21Cl2N3O3S. The summed E-state index contributed by atoms with van der Waals surface area (Å²) in [6.45, 7) is 3.16. The van der Waals surface area contributed by atoms with E-state index in [1.807, 2.05) is 6.92 Å². The van der Waals surface area contributed by atoms with E-state index >= 15 is 0 Å². The second-order valence-corrected chi connectivity index (χ2v) is 8.13. The van der Waals surface area contributed by atoms with Crippen LogP contribution in [-0.4, -0.2) is 35.6 Å². The highest BCUT2D eigenvalue weighted by Crippen LogP contribution is 2.23. The minimum absolute atomic E-state index is 0.0781. The van der Waals surface area contributed by atoms with Crippen molar-refractivity contribution in [3.63, 3.8) is 0 Å². The molecule has 2 atom stereocenters. The Labute approximate surface area is 177 Å². The Kier molecular flexibility index (Phi) is 7.29. The third-order valence-electron chi connectivity index (χ3n) is 4.53. The summed E-state index contributed by atoms with van der Waals surface area (Å²) in [4.78, 5) is 29.8. The summed E-state index contributed by atoms with van der Waals surface area (Å²) in [7, 11) is 0. The number of nitrogens with zero attached hydrogens (tertiary/aromatic N) is 2. The van der Waals surface area contributed by atoms with E-state index in [2.05, 4.69) is 10.3 Å². The molecule has 0 spiro atoms. The molecule has 2 amide bonds. The summed E-state index contributed by atoms with van der Waals surface area (Å²) in [5.74, 6) is -0.552. The predicted octanol–water partition coefficient (Wildman–Crippen LogP) is 3.84. The van der Waals surface area contributed by atoms with Gasteiger partial charge >= 0.3 is 0 Å². The van der Waals surface area contributed by atoms with Crippen LogP contribution in [0.5, 0.6) is 0 Å². The number of nitrogens with one attached hydrogen (secondary N) is 1. The molecule has 6 nitrogen and oxygen atoms in total. The fourth-order valence-corrected chi connectivity index (χ4v) is 4.09. The van der Waals surface area contributed by atoms with Gasteiger partial charge in [-0.15, -0.1) is 11.3 Å². The zero-order valence-electron chi connectivity index (χ0n) is 15.4. The van der Waals surface area contributed by atoms with Crippen LogP contribution >= 0.6 is 34.5 Å². The number of aromatic nitrogens is 1. The van der Waals surface area contributed by atoms with E-state index in [9.17, 15) is 9.59 Å². The van der Waals surface area contributed by atoms with Crippen molar-refractivity contribution in [1.29, 1.82) is 0 Å². The Balaban J connectivity index is 1.77. The van der Waals surface area contributed by atoms with E-state index in [1.165, 1.54) is 17.4 Å². The molecule has 2 unspecified atom stereocenters. The Morgan fingerprint density at radius 1 is 1.39 bits per heavy atom. The van der Waals surface area contributed by atoms with Crippen LogP contribution in [0.2, 0.25) is 10.0 Å². The third-order valence-corrected chi connectivity index (χ3v) is 6.04. The lowest BCUT2D eigenvalue weighted by atomic mass is 10.2. The normalized spacial score (nSPS) is 18.2. The van der Waals surface area contributed by atoms with E-state index in [4.69, 9.17) is 27.9 Å². The van der Waals surface area contributed by atoms with Crippen LogP contribution in [0.15, 0.2) is 34.8 Å². The molecule has 2 aromatic rings. The molecule has 1 aromatic heterocycles. The van der Waals surface area contributed by atoms with Gasteiger partial charge in [-0.1, -0.05) is 30.1 Å². The van der Waals surface area contributed by atoms with Crippen molar-refractivity contribution < 1.29 is 14.3 Å². The third kappa shape index (κ3) is 5.03. The number of carbonyl (C=O) groups excluding carboxylic acids is 2. The maximum absolute atomic E-state index is 12.7. The van der Waals surface area contributed by atoms with Gasteiger partial charge in [-0.05, 0) is 37.5 Å². The van der Waals surface area contributed by atoms with Crippen molar-refractivity contribution in [2.75, 3.05) is 13.2 Å². The van der Waals surface area contributed by atoms with Gasteiger partial charge in [0.1, 0.15) is 6.04 Å². The molecule has 1 fully saturated rings. The Bertz CT molecular complexity index is 919. The predicted molar refractivity (Wildman–Crippen MR) is 110 cm³/mol. The Morgan fingerprint density at radius 3 is 2.89 bits per heavy atom. The van der Waals surface area contributed by atoms with E-state index < -0.39 is 11.9 Å². The average molecular weight is 442 g/mol. The second-order valence-electron chi connectivity index (χ2n) is 6.44. The SMILES string of the molecule is CCC(C(=O)NCC1CCCO1)n1ccsc1=NC(=O)c1ccc(Cl)c(Cl)c1. The number of benzene rings is 1. The molecule has 1 saturated heterocycles. The molecule has 1 aliphatic rings. The van der Waals surface area contributed by atoms with E-state index in [0.29, 0.717) is 33.4 Å². The van der Waals surface area contributed by atoms with Crippen LogP contribution in [0.3, 0.4) is 0 Å². The van der Waals surface area contributed by atoms with Crippen LogP contribution < -0.4 is 10.1 Å². The van der Waals surface area contributed by atoms with Gasteiger partial charge in [0, 0.05) is 30.3 Å². The van der Waals surface area contributed by atoms with Crippen LogP contribution in [0.25, 0.3) is 0 Å². The summed E-state index contributed by atoms with van der Waals surface area (Å²) in [6, 6.07) is 4.17. The molecule has 28 heavy (non-hydrogen) atoms. The maximum Gasteiger partial charge on any atom is 0.279 e. The molecule has 0 aliphatic carbocycles. The highest BCUT2D eigenvalue weighted by Gasteiger charge is 2.22. The number of thiazole rings is 1. The Morgan fingerprint density at radius 2 is 2.21 bits per heavy atom. The van der Waals surface area contributed by atoms with Gasteiger partial charge in [0.25, 0.3) is 5.91 Å². The van der Waals surface area contributed by atoms with Crippen LogP contribution in [-0.2, 0) is 9.53 Å². The van der Waals surface area contributed by atoms with Crippen molar-refractivity contribution >= 4 is 46.4 Å². The van der Waals surface area contributed by atoms with E-state index in [1.54, 1.807) is 28.3 Å². The molecule has 9 heteroatoms. The summed E-state index contributed by atoms with van der Waals surface area (Å²) >= 11 is 13.2. The topological polar surface area (TPSA) is 72.7 Å². The van der Waals surface area contributed by atoms with Crippen LogP contribution in [0.4, 0.5) is 0 Å². The zero-order chi connectivity index (χ0) is 20.1. The van der Waals surface area contributed by atoms with Gasteiger partial charge in [0.05, 0.1) is 16.1 Å². The lowest BCUT2D eigenvalue weighted by molar-refractivity contribution is -0.125. The van der Waals surface area contributed by atoms with Crippen molar-refractivity contribution in [2.45, 2.75) is 38.3 Å². The fourth-order valence-electron chi connectivity index (χ4n) is 3.03. The molecular weight excluding hydrogens is 421 g/mol. The number of carbonyl (C=O) groups is 2. The van der Waals surface area contributed by atoms with Gasteiger partial charge < -0.3 is 14.6 Å². The minimum atomic E-state index is -0.451. The lowest BCUT2D eigenvalue weighted by Crippen LogP contribution is -2.39. The van der Waals surface area contributed by atoms with E-state index in [0.717, 1.165) is 19.4 Å². The molecule has 2 heterocycles. The molecule has 150 valence electrons. The van der Waals surface area contributed by atoms with Crippen LogP contribution in [0, 0.1) is 0 Å². The minimum Gasteiger partial charge on any atom is -0.376 e. The number of hydrogen-bond donors (Lipinski definition) is 1. The first-order valence-corrected chi connectivity index (χ1v) is 10.7. The first-order valence-electron chi connectivity index (χ1n) is 9.08. The number of halogens is 2. The molecule has 0 bridgehead atoms. The summed E-state index contributed by atoms with van der Waals surface area (Å²) in [5.41, 5.74) is 0.338. The van der Waals surface area contributed by atoms with Crippen molar-refractivity contribution in [3.8, 4) is 0 Å². The van der Waals surface area contributed by atoms with Gasteiger partial charge in [0.2, 0.25) is 5.91 Å². The van der Waals surface area contributed by atoms with Gasteiger partial charge in [-0.2, -0.15) is 4.99 Å². The molecule has 0 saturated carbocycles. The highest BCUT2D eigenvalue weighted by molar-refractivity contribution is 7.07. The molecule has 3 rings (SSSR count). The zero-order valence-corrected chi connectivity index (χ0v) is 17.7. The number of hydrogen-bond acceptors (Lipinski definition) is 4. The second kappa shape index (κ2) is 9.69. The number of amides is 2. The fraction of sp³-hybridized carbons (Fsp3) is 0.421. The maximum atomic E-state index is 12.7. The quantitative estimate of drug-likeness (QED) is 0.739. The average Bonchev–Trinajstić information content (AvgIpc) is 3.35. The number of ether oxygens (including phenoxy) is 1. The summed E-state index contributed by atoms with van der Waals surface area (Å²) in [6.07, 6.45) is 4.40. The Hall–Kier alpha value is -1.67. The standard InChI is InChI=1S/C19H21Cl2N3O3S/c1-2-16(18(26)22-11-13-4-3-8-27-13)24-7-9-28-19(24)23-17(25)12-5-6-14(20)15(21)10-12/h5-7,9-10,13,16H,2-4,8,11H2,1H3,(H,22,26).